The third-order valence-corrected chi connectivity index (χ3v) is 2.79. The predicted molar refractivity (Wildman–Crippen MR) is 74.6 cm³/mol. The standard InChI is InChI=1S/C15H16N2O2/c1-11-3-2-4-13(9-11)17-8-6-14-10-12(15(18)19)5-7-16-14/h2-5,7,9-10,17H,6,8H2,1H3,(H,18,19). The summed E-state index contributed by atoms with van der Waals surface area (Å²) in [6.45, 7) is 2.77. The maximum atomic E-state index is 10.8. The van der Waals surface area contributed by atoms with Crippen molar-refractivity contribution in [3.05, 3.63) is 59.4 Å². The van der Waals surface area contributed by atoms with Gasteiger partial charge in [0.25, 0.3) is 0 Å². The molecule has 2 N–H and O–H groups in total. The maximum Gasteiger partial charge on any atom is 0.335 e. The van der Waals surface area contributed by atoms with Crippen LogP contribution in [0.5, 0.6) is 0 Å². The highest BCUT2D eigenvalue weighted by Crippen LogP contribution is 2.09. The van der Waals surface area contributed by atoms with Crippen molar-refractivity contribution >= 4 is 11.7 Å². The number of carbonyl (C=O) groups is 1. The number of nitrogens with one attached hydrogen (secondary N) is 1. The SMILES string of the molecule is Cc1cccc(NCCc2cc(C(=O)O)ccn2)c1. The van der Waals surface area contributed by atoms with E-state index in [4.69, 9.17) is 5.11 Å². The van der Waals surface area contributed by atoms with Crippen LogP contribution >= 0.6 is 0 Å². The summed E-state index contributed by atoms with van der Waals surface area (Å²) in [7, 11) is 0. The molecule has 0 spiro atoms. The molecule has 0 aliphatic heterocycles. The molecule has 0 saturated heterocycles. The van der Waals surface area contributed by atoms with Gasteiger partial charge in [-0.3, -0.25) is 4.98 Å². The van der Waals surface area contributed by atoms with Crippen LogP contribution in [-0.4, -0.2) is 22.6 Å². The summed E-state index contributed by atoms with van der Waals surface area (Å²) in [4.78, 5) is 15.0. The number of rotatable bonds is 5. The van der Waals surface area contributed by atoms with E-state index in [0.717, 1.165) is 17.9 Å². The molecular formula is C15H16N2O2. The van der Waals surface area contributed by atoms with Gasteiger partial charge in [0.2, 0.25) is 0 Å². The zero-order valence-corrected chi connectivity index (χ0v) is 10.8. The Morgan fingerprint density at radius 3 is 2.89 bits per heavy atom. The second kappa shape index (κ2) is 6.00. The van der Waals surface area contributed by atoms with Crippen LogP contribution in [0.15, 0.2) is 42.6 Å². The van der Waals surface area contributed by atoms with Crippen LogP contribution in [-0.2, 0) is 6.42 Å². The highest BCUT2D eigenvalue weighted by Gasteiger charge is 2.03. The molecule has 0 bridgehead atoms. The van der Waals surface area contributed by atoms with E-state index >= 15 is 0 Å². The minimum absolute atomic E-state index is 0.278. The van der Waals surface area contributed by atoms with Gasteiger partial charge in [-0.25, -0.2) is 4.79 Å². The lowest BCUT2D eigenvalue weighted by atomic mass is 10.2. The van der Waals surface area contributed by atoms with Crippen LogP contribution in [0, 0.1) is 6.92 Å². The smallest absolute Gasteiger partial charge is 0.335 e. The molecule has 19 heavy (non-hydrogen) atoms. The van der Waals surface area contributed by atoms with E-state index in [0.29, 0.717) is 6.42 Å². The van der Waals surface area contributed by atoms with Crippen molar-refractivity contribution in [2.75, 3.05) is 11.9 Å². The fourth-order valence-corrected chi connectivity index (χ4v) is 1.84. The number of hydrogen-bond donors (Lipinski definition) is 2. The zero-order valence-electron chi connectivity index (χ0n) is 10.8. The summed E-state index contributed by atoms with van der Waals surface area (Å²) in [6, 6.07) is 11.2. The van der Waals surface area contributed by atoms with Gasteiger partial charge in [0.1, 0.15) is 0 Å². The van der Waals surface area contributed by atoms with Gasteiger partial charge >= 0.3 is 5.97 Å². The highest BCUT2D eigenvalue weighted by atomic mass is 16.4. The molecule has 2 aromatic rings. The summed E-state index contributed by atoms with van der Waals surface area (Å²) in [6.07, 6.45) is 2.22. The summed E-state index contributed by atoms with van der Waals surface area (Å²) in [5.41, 5.74) is 3.32. The Kier molecular flexibility index (Phi) is 4.13. The van der Waals surface area contributed by atoms with Crippen molar-refractivity contribution < 1.29 is 9.90 Å². The molecular weight excluding hydrogens is 240 g/mol. The Labute approximate surface area is 112 Å². The Hall–Kier alpha value is -2.36. The van der Waals surface area contributed by atoms with Crippen LogP contribution in [0.2, 0.25) is 0 Å². The number of hydrogen-bond acceptors (Lipinski definition) is 3. The van der Waals surface area contributed by atoms with Crippen LogP contribution in [0.3, 0.4) is 0 Å². The summed E-state index contributed by atoms with van der Waals surface area (Å²) in [5.74, 6) is -0.921. The molecule has 0 amide bonds. The molecule has 0 radical (unpaired) electrons. The highest BCUT2D eigenvalue weighted by molar-refractivity contribution is 5.87. The molecule has 4 nitrogen and oxygen atoms in total. The van der Waals surface area contributed by atoms with Crippen molar-refractivity contribution in [1.82, 2.24) is 4.98 Å². The Morgan fingerprint density at radius 1 is 1.32 bits per heavy atom. The second-order valence-electron chi connectivity index (χ2n) is 4.39. The Bertz CT molecular complexity index is 582. The van der Waals surface area contributed by atoms with Gasteiger partial charge in [-0.1, -0.05) is 12.1 Å². The number of benzene rings is 1. The zero-order chi connectivity index (χ0) is 13.7. The molecule has 0 atom stereocenters. The van der Waals surface area contributed by atoms with E-state index in [1.54, 1.807) is 6.07 Å². The first-order valence-corrected chi connectivity index (χ1v) is 6.14. The van der Waals surface area contributed by atoms with Crippen molar-refractivity contribution in [2.45, 2.75) is 13.3 Å². The van der Waals surface area contributed by atoms with E-state index in [1.165, 1.54) is 17.8 Å². The number of aryl methyl sites for hydroxylation is 1. The van der Waals surface area contributed by atoms with Crippen LogP contribution in [0.4, 0.5) is 5.69 Å². The Balaban J connectivity index is 1.92. The average molecular weight is 256 g/mol. The molecule has 1 aromatic heterocycles. The number of aromatic nitrogens is 1. The van der Waals surface area contributed by atoms with Gasteiger partial charge in [0, 0.05) is 30.5 Å². The maximum absolute atomic E-state index is 10.8. The van der Waals surface area contributed by atoms with E-state index in [9.17, 15) is 4.79 Å². The molecule has 1 heterocycles. The molecule has 4 heteroatoms. The first kappa shape index (κ1) is 13.1. The lowest BCUT2D eigenvalue weighted by molar-refractivity contribution is 0.0696. The largest absolute Gasteiger partial charge is 0.478 e. The molecule has 1 aromatic carbocycles. The predicted octanol–water partition coefficient (Wildman–Crippen LogP) is 2.74. The van der Waals surface area contributed by atoms with Crippen LogP contribution in [0.1, 0.15) is 21.6 Å². The molecule has 0 aliphatic carbocycles. The second-order valence-corrected chi connectivity index (χ2v) is 4.39. The third-order valence-electron chi connectivity index (χ3n) is 2.79. The number of anilines is 1. The summed E-state index contributed by atoms with van der Waals surface area (Å²) in [5, 5.41) is 12.2. The van der Waals surface area contributed by atoms with Crippen molar-refractivity contribution in [3.63, 3.8) is 0 Å². The van der Waals surface area contributed by atoms with Crippen LogP contribution < -0.4 is 5.32 Å². The minimum Gasteiger partial charge on any atom is -0.478 e. The van der Waals surface area contributed by atoms with Gasteiger partial charge in [0.05, 0.1) is 5.56 Å². The van der Waals surface area contributed by atoms with Crippen molar-refractivity contribution in [1.29, 1.82) is 0 Å². The average Bonchev–Trinajstić information content (AvgIpc) is 2.39. The number of nitrogens with zero attached hydrogens (tertiary/aromatic N) is 1. The van der Waals surface area contributed by atoms with Gasteiger partial charge in [-0.15, -0.1) is 0 Å². The summed E-state index contributed by atoms with van der Waals surface area (Å²) < 4.78 is 0. The topological polar surface area (TPSA) is 62.2 Å². The molecule has 0 saturated carbocycles. The number of aromatic carboxylic acids is 1. The fourth-order valence-electron chi connectivity index (χ4n) is 1.84. The monoisotopic (exact) mass is 256 g/mol. The van der Waals surface area contributed by atoms with E-state index in [2.05, 4.69) is 16.4 Å². The van der Waals surface area contributed by atoms with Crippen LogP contribution in [0.25, 0.3) is 0 Å². The van der Waals surface area contributed by atoms with E-state index < -0.39 is 5.97 Å². The number of pyridine rings is 1. The summed E-state index contributed by atoms with van der Waals surface area (Å²) >= 11 is 0. The van der Waals surface area contributed by atoms with Crippen molar-refractivity contribution in [3.8, 4) is 0 Å². The van der Waals surface area contributed by atoms with E-state index in [1.807, 2.05) is 25.1 Å². The molecule has 0 fully saturated rings. The first-order valence-electron chi connectivity index (χ1n) is 6.14. The van der Waals surface area contributed by atoms with Gasteiger partial charge in [0.15, 0.2) is 0 Å². The van der Waals surface area contributed by atoms with Crippen molar-refractivity contribution in [2.24, 2.45) is 0 Å². The molecule has 98 valence electrons. The minimum atomic E-state index is -0.921. The molecule has 0 unspecified atom stereocenters. The lowest BCUT2D eigenvalue weighted by Gasteiger charge is -2.07. The van der Waals surface area contributed by atoms with E-state index in [-0.39, 0.29) is 5.56 Å². The normalized spacial score (nSPS) is 10.2. The molecule has 2 rings (SSSR count). The molecule has 0 aliphatic rings. The number of carboxylic acid groups (broad SMARTS) is 1. The Morgan fingerprint density at radius 2 is 2.16 bits per heavy atom. The number of carboxylic acids is 1. The third kappa shape index (κ3) is 3.81. The fraction of sp³-hybridized carbons (Fsp3) is 0.200. The van der Waals surface area contributed by atoms with Gasteiger partial charge in [-0.05, 0) is 36.8 Å². The first-order chi connectivity index (χ1) is 9.15. The van der Waals surface area contributed by atoms with Gasteiger partial charge < -0.3 is 10.4 Å². The lowest BCUT2D eigenvalue weighted by Crippen LogP contribution is -2.07. The quantitative estimate of drug-likeness (QED) is 0.863. The van der Waals surface area contributed by atoms with Gasteiger partial charge in [-0.2, -0.15) is 0 Å².